The number of rotatable bonds is 28. The quantitative estimate of drug-likeness (QED) is 0.0455. The van der Waals surface area contributed by atoms with E-state index in [2.05, 4.69) is 397 Å². The van der Waals surface area contributed by atoms with E-state index in [1.807, 2.05) is 6.20 Å². The van der Waals surface area contributed by atoms with Gasteiger partial charge in [-0.25, -0.2) is 0 Å². The SMILES string of the molecule is CCc1cc2ccccc2c(CC)c1N(c1c(CC)cc2ccccc2c1CC)c1cc(N(c2c(CC)cc3ccccc3c2CC)c2c(CC)cc3ccccc3c2CC)c2ccc3c(N(c4c(CC)cc5ccccc5c4CC)c4c(CC)cc5cccnc5c4CC)cc(N(c4c(CC)cc5ccccc5c4CC)c4c(CC)cc5ccccc5c4CC)c4ccc1c2c43. The molecule has 0 unspecified atom stereocenters. The highest BCUT2D eigenvalue weighted by atomic mass is 15.2. The molecule has 20 rings (SSSR count). The first-order chi connectivity index (χ1) is 64.8. The third-order valence-corrected chi connectivity index (χ3v) is 29.9. The molecule has 0 saturated carbocycles. The number of pyridine rings is 1. The zero-order valence-electron chi connectivity index (χ0n) is 80.5. The summed E-state index contributed by atoms with van der Waals surface area (Å²) < 4.78 is 0. The fourth-order valence-electron chi connectivity index (χ4n) is 24.0. The maximum Gasteiger partial charge on any atom is 0.0754 e. The molecule has 0 N–H and O–H groups in total. The molecule has 1 heterocycles. The van der Waals surface area contributed by atoms with Crippen molar-refractivity contribution in [3.63, 3.8) is 0 Å². The second kappa shape index (κ2) is 36.1. The number of hydrogen-bond acceptors (Lipinski definition) is 5. The maximum absolute atomic E-state index is 5.55. The van der Waals surface area contributed by atoms with Crippen LogP contribution in [0.25, 0.3) is 119 Å². The molecule has 0 spiro atoms. The van der Waals surface area contributed by atoms with Gasteiger partial charge in [0.05, 0.1) is 73.8 Å². The summed E-state index contributed by atoms with van der Waals surface area (Å²) in [6, 6.07) is 106. The number of anilines is 12. The van der Waals surface area contributed by atoms with Gasteiger partial charge in [0.2, 0.25) is 0 Å². The molecule has 5 heteroatoms. The predicted octanol–water partition coefficient (Wildman–Crippen LogP) is 36.1. The molecule has 5 nitrogen and oxygen atoms in total. The van der Waals surface area contributed by atoms with Crippen molar-refractivity contribution in [2.75, 3.05) is 19.6 Å². The van der Waals surface area contributed by atoms with E-state index < -0.39 is 0 Å². The standard InChI is InChI=1S/C127H125N5/c1-17-78-68-86-48-33-40-56-102(86)94(25-9)120(78)129(121-79(18-2)69-87-49-34-41-57-103(87)95(121)26-10)113-76-114(130(122-80(19-3)70-88-50-35-42-58-104(88)96(122)27-11)123-81(20-4)71-89-51-36-43-59-105(89)97(123)28-12)110-65-66-112-116(132(126-84(23-7)74-92-54-39-46-62-108(92)100(126)31-15)127-85(24-8)75-93-55-47-67-128-119(93)101(127)32-16)77-115(111-64-63-109(113)117(110)118(111)112)131(124-82(21-5)72-90-52-37-44-60-106(90)98(124)29-13)125-83(22-6)73-91-53-38-45-61-107(91)99(125)30-14/h33-77H,17-32H2,1-16H3. The van der Waals surface area contributed by atoms with E-state index >= 15 is 0 Å². The lowest BCUT2D eigenvalue weighted by molar-refractivity contribution is 1.03. The third kappa shape index (κ3) is 13.8. The minimum absolute atomic E-state index is 0.756. The average molecular weight is 1720 g/mol. The van der Waals surface area contributed by atoms with Gasteiger partial charge in [0.15, 0.2) is 0 Å². The van der Waals surface area contributed by atoms with Crippen LogP contribution in [0.4, 0.5) is 68.2 Å². The van der Waals surface area contributed by atoms with Crippen LogP contribution in [0, 0.1) is 0 Å². The first-order valence-corrected chi connectivity index (χ1v) is 50.0. The minimum Gasteiger partial charge on any atom is -0.309 e. The van der Waals surface area contributed by atoms with Crippen molar-refractivity contribution in [2.24, 2.45) is 0 Å². The van der Waals surface area contributed by atoms with E-state index in [1.165, 1.54) is 248 Å². The lowest BCUT2D eigenvalue weighted by atomic mass is 9.85. The van der Waals surface area contributed by atoms with Crippen LogP contribution in [-0.2, 0) is 103 Å². The Kier molecular flexibility index (Phi) is 23.7. The number of hydrogen-bond donors (Lipinski definition) is 0. The smallest absolute Gasteiger partial charge is 0.0754 e. The monoisotopic (exact) mass is 1720 g/mol. The summed E-state index contributed by atoms with van der Waals surface area (Å²) in [4.78, 5) is 17.2. The van der Waals surface area contributed by atoms with E-state index in [-0.39, 0.29) is 0 Å². The second-order valence-electron chi connectivity index (χ2n) is 36.4. The molecule has 0 aliphatic rings. The number of fused-ring (bicyclic) bond motifs is 8. The van der Waals surface area contributed by atoms with E-state index in [9.17, 15) is 0 Å². The zero-order chi connectivity index (χ0) is 91.0. The third-order valence-electron chi connectivity index (χ3n) is 29.9. The van der Waals surface area contributed by atoms with E-state index in [1.54, 1.807) is 0 Å². The van der Waals surface area contributed by atoms with Gasteiger partial charge < -0.3 is 19.6 Å². The lowest BCUT2D eigenvalue weighted by Crippen LogP contribution is -2.22. The van der Waals surface area contributed by atoms with Crippen molar-refractivity contribution in [3.05, 3.63) is 362 Å². The van der Waals surface area contributed by atoms with Crippen molar-refractivity contribution in [1.82, 2.24) is 4.98 Å². The molecule has 0 aliphatic heterocycles. The number of aromatic nitrogens is 1. The van der Waals surface area contributed by atoms with Crippen LogP contribution >= 0.6 is 0 Å². The molecule has 0 atom stereocenters. The molecule has 0 radical (unpaired) electrons. The van der Waals surface area contributed by atoms with E-state index in [0.29, 0.717) is 0 Å². The molecule has 1 aromatic heterocycles. The first-order valence-electron chi connectivity index (χ1n) is 50.0. The summed E-state index contributed by atoms with van der Waals surface area (Å²) in [6.45, 7) is 38.6. The van der Waals surface area contributed by atoms with Crippen LogP contribution in [0.1, 0.15) is 200 Å². The molecular weight excluding hydrogens is 1600 g/mol. The van der Waals surface area contributed by atoms with Crippen LogP contribution in [0.5, 0.6) is 0 Å². The van der Waals surface area contributed by atoms with Crippen LogP contribution in [0.3, 0.4) is 0 Å². The summed E-state index contributed by atoms with van der Waals surface area (Å²) in [6.07, 6.45) is 15.0. The Balaban J connectivity index is 1.12. The Morgan fingerprint density at radius 1 is 0.167 bits per heavy atom. The maximum atomic E-state index is 5.55. The van der Waals surface area contributed by atoms with Crippen molar-refractivity contribution in [1.29, 1.82) is 0 Å². The number of aryl methyl sites for hydroxylation is 16. The fourth-order valence-corrected chi connectivity index (χ4v) is 24.0. The Morgan fingerprint density at radius 3 is 0.530 bits per heavy atom. The Labute approximate surface area is 781 Å². The summed E-state index contributed by atoms with van der Waals surface area (Å²) in [5.74, 6) is 0. The van der Waals surface area contributed by atoms with Crippen LogP contribution in [0.15, 0.2) is 273 Å². The molecule has 658 valence electrons. The Morgan fingerprint density at radius 2 is 0.341 bits per heavy atom. The van der Waals surface area contributed by atoms with Gasteiger partial charge >= 0.3 is 0 Å². The number of nitrogens with zero attached hydrogens (tertiary/aromatic N) is 5. The normalized spacial score (nSPS) is 12.0. The first kappa shape index (κ1) is 86.7. The van der Waals surface area contributed by atoms with Gasteiger partial charge in [-0.05, 0) is 328 Å². The molecule has 0 bridgehead atoms. The molecule has 0 saturated heterocycles. The molecule has 132 heavy (non-hydrogen) atoms. The minimum atomic E-state index is 0.756. The summed E-state index contributed by atoms with van der Waals surface area (Å²) >= 11 is 0. The molecule has 0 amide bonds. The van der Waals surface area contributed by atoms with Gasteiger partial charge in [-0.15, -0.1) is 0 Å². The highest BCUT2D eigenvalue weighted by molar-refractivity contribution is 6.34. The van der Waals surface area contributed by atoms with Gasteiger partial charge in [-0.3, -0.25) is 4.98 Å². The van der Waals surface area contributed by atoms with Gasteiger partial charge in [-0.2, -0.15) is 0 Å². The average Bonchev–Trinajstić information content (AvgIpc) is 0.685. The molecule has 0 aliphatic carbocycles. The number of benzene rings is 19. The van der Waals surface area contributed by atoms with Crippen molar-refractivity contribution >= 4 is 187 Å². The predicted molar refractivity (Wildman–Crippen MR) is 577 cm³/mol. The lowest BCUT2D eigenvalue weighted by Gasteiger charge is -2.40. The van der Waals surface area contributed by atoms with Crippen molar-refractivity contribution < 1.29 is 0 Å². The highest BCUT2D eigenvalue weighted by Gasteiger charge is 2.38. The topological polar surface area (TPSA) is 25.9 Å². The van der Waals surface area contributed by atoms with Gasteiger partial charge in [0.1, 0.15) is 0 Å². The van der Waals surface area contributed by atoms with E-state index in [4.69, 9.17) is 4.98 Å². The largest absolute Gasteiger partial charge is 0.309 e. The molecule has 20 aromatic rings. The highest BCUT2D eigenvalue weighted by Crippen LogP contribution is 2.62. The van der Waals surface area contributed by atoms with Crippen molar-refractivity contribution in [3.8, 4) is 0 Å². The molecule has 0 fully saturated rings. The Bertz CT molecular complexity index is 6650. The summed E-state index contributed by atoms with van der Waals surface area (Å²) in [7, 11) is 0. The van der Waals surface area contributed by atoms with Gasteiger partial charge in [0.25, 0.3) is 0 Å². The molecular formula is C127H125N5. The van der Waals surface area contributed by atoms with Crippen molar-refractivity contribution in [2.45, 2.75) is 214 Å². The molecule has 19 aromatic carbocycles. The zero-order valence-corrected chi connectivity index (χ0v) is 80.5. The Hall–Kier alpha value is -13.4. The second-order valence-corrected chi connectivity index (χ2v) is 36.4. The van der Waals surface area contributed by atoms with E-state index in [0.717, 1.165) is 131 Å². The summed E-state index contributed by atoms with van der Waals surface area (Å²) in [5.41, 5.74) is 37.1. The van der Waals surface area contributed by atoms with Gasteiger partial charge in [-0.1, -0.05) is 311 Å². The van der Waals surface area contributed by atoms with Crippen LogP contribution in [0.2, 0.25) is 0 Å². The summed E-state index contributed by atoms with van der Waals surface area (Å²) in [5, 5.41) is 26.4. The van der Waals surface area contributed by atoms with Crippen LogP contribution in [-0.4, -0.2) is 4.98 Å². The fraction of sp³-hybridized carbons (Fsp3) is 0.252. The van der Waals surface area contributed by atoms with Crippen LogP contribution < -0.4 is 19.6 Å². The van der Waals surface area contributed by atoms with Gasteiger partial charge in [0, 0.05) is 49.5 Å².